The van der Waals surface area contributed by atoms with Crippen molar-refractivity contribution in [2.45, 2.75) is 13.0 Å². The van der Waals surface area contributed by atoms with Crippen LogP contribution in [0.1, 0.15) is 22.8 Å². The number of amides is 1. The standard InChI is InChI=1S/C22H18N2O4/c1-14(21(25)24-18-9-7-15(13-23)8-10-18)28-22(26)19-11-16-5-3-4-6-17(16)12-20(19)27-2/h3-12,14H,1-2H3,(H,24,25)/t14-/m1/s1. The first-order chi connectivity index (χ1) is 13.5. The van der Waals surface area contributed by atoms with Crippen LogP contribution in [0.4, 0.5) is 5.69 Å². The number of ether oxygens (including phenoxy) is 2. The van der Waals surface area contributed by atoms with Crippen LogP contribution in [0.25, 0.3) is 10.8 Å². The molecule has 28 heavy (non-hydrogen) atoms. The first-order valence-corrected chi connectivity index (χ1v) is 8.60. The van der Waals surface area contributed by atoms with E-state index in [4.69, 9.17) is 14.7 Å². The fourth-order valence-corrected chi connectivity index (χ4v) is 2.70. The third kappa shape index (κ3) is 4.10. The van der Waals surface area contributed by atoms with Gasteiger partial charge in [0.2, 0.25) is 0 Å². The van der Waals surface area contributed by atoms with Gasteiger partial charge in [-0.15, -0.1) is 0 Å². The van der Waals surface area contributed by atoms with Gasteiger partial charge in [-0.05, 0) is 54.1 Å². The van der Waals surface area contributed by atoms with Crippen molar-refractivity contribution in [3.05, 3.63) is 71.8 Å². The topological polar surface area (TPSA) is 88.4 Å². The minimum absolute atomic E-state index is 0.249. The van der Waals surface area contributed by atoms with Crippen LogP contribution in [-0.4, -0.2) is 25.1 Å². The van der Waals surface area contributed by atoms with Gasteiger partial charge in [0.1, 0.15) is 11.3 Å². The van der Waals surface area contributed by atoms with Crippen molar-refractivity contribution in [1.29, 1.82) is 5.26 Å². The quantitative estimate of drug-likeness (QED) is 0.684. The lowest BCUT2D eigenvalue weighted by atomic mass is 10.1. The van der Waals surface area contributed by atoms with Crippen LogP contribution < -0.4 is 10.1 Å². The Kier molecular flexibility index (Phi) is 5.56. The summed E-state index contributed by atoms with van der Waals surface area (Å²) in [5.74, 6) is -0.744. The van der Waals surface area contributed by atoms with E-state index in [2.05, 4.69) is 5.32 Å². The molecule has 1 N–H and O–H groups in total. The first-order valence-electron chi connectivity index (χ1n) is 8.60. The van der Waals surface area contributed by atoms with Gasteiger partial charge in [-0.2, -0.15) is 5.26 Å². The molecule has 6 nitrogen and oxygen atoms in total. The normalized spacial score (nSPS) is 11.3. The number of rotatable bonds is 5. The Morgan fingerprint density at radius 3 is 2.29 bits per heavy atom. The molecule has 1 atom stereocenters. The molecule has 0 spiro atoms. The maximum atomic E-state index is 12.6. The number of nitrogens with one attached hydrogen (secondary N) is 1. The fourth-order valence-electron chi connectivity index (χ4n) is 2.70. The number of benzene rings is 3. The Balaban J connectivity index is 1.73. The summed E-state index contributed by atoms with van der Waals surface area (Å²) in [5, 5.41) is 13.3. The minimum atomic E-state index is -1.01. The Morgan fingerprint density at radius 2 is 1.68 bits per heavy atom. The highest BCUT2D eigenvalue weighted by molar-refractivity contribution is 6.01. The molecule has 3 rings (SSSR count). The molecule has 3 aromatic rings. The number of hydrogen-bond donors (Lipinski definition) is 1. The molecule has 0 aliphatic rings. The van der Waals surface area contributed by atoms with Crippen molar-refractivity contribution in [2.24, 2.45) is 0 Å². The summed E-state index contributed by atoms with van der Waals surface area (Å²) in [7, 11) is 1.47. The molecule has 140 valence electrons. The summed E-state index contributed by atoms with van der Waals surface area (Å²) >= 11 is 0. The van der Waals surface area contributed by atoms with Gasteiger partial charge in [0.15, 0.2) is 6.10 Å². The van der Waals surface area contributed by atoms with Crippen LogP contribution in [0.3, 0.4) is 0 Å². The number of carbonyl (C=O) groups is 2. The van der Waals surface area contributed by atoms with Crippen LogP contribution in [0.2, 0.25) is 0 Å². The molecule has 0 aromatic heterocycles. The van der Waals surface area contributed by atoms with E-state index < -0.39 is 18.0 Å². The molecule has 0 saturated heterocycles. The van der Waals surface area contributed by atoms with Crippen molar-refractivity contribution in [1.82, 2.24) is 0 Å². The minimum Gasteiger partial charge on any atom is -0.496 e. The molecular weight excluding hydrogens is 356 g/mol. The highest BCUT2D eigenvalue weighted by atomic mass is 16.5. The molecule has 1 amide bonds. The average molecular weight is 374 g/mol. The summed E-state index contributed by atoms with van der Waals surface area (Å²) in [4.78, 5) is 24.9. The molecule has 0 aliphatic heterocycles. The molecule has 3 aromatic carbocycles. The second kappa shape index (κ2) is 8.23. The van der Waals surface area contributed by atoms with E-state index in [0.29, 0.717) is 17.0 Å². The van der Waals surface area contributed by atoms with E-state index in [1.807, 2.05) is 30.3 Å². The molecule has 0 radical (unpaired) electrons. The summed E-state index contributed by atoms with van der Waals surface area (Å²) in [5.41, 5.74) is 1.25. The summed E-state index contributed by atoms with van der Waals surface area (Å²) in [6, 6.07) is 19.4. The van der Waals surface area contributed by atoms with Gasteiger partial charge in [-0.1, -0.05) is 24.3 Å². The van der Waals surface area contributed by atoms with Crippen molar-refractivity contribution < 1.29 is 19.1 Å². The molecule has 0 heterocycles. The van der Waals surface area contributed by atoms with E-state index in [-0.39, 0.29) is 5.56 Å². The van der Waals surface area contributed by atoms with Crippen molar-refractivity contribution >= 4 is 28.3 Å². The third-order valence-corrected chi connectivity index (χ3v) is 4.22. The first kappa shape index (κ1) is 18.9. The monoisotopic (exact) mass is 374 g/mol. The second-order valence-corrected chi connectivity index (χ2v) is 6.13. The lowest BCUT2D eigenvalue weighted by Gasteiger charge is -2.15. The lowest BCUT2D eigenvalue weighted by Crippen LogP contribution is -2.30. The molecule has 0 fully saturated rings. The number of esters is 1. The lowest BCUT2D eigenvalue weighted by molar-refractivity contribution is -0.123. The van der Waals surface area contributed by atoms with E-state index in [1.54, 1.807) is 36.4 Å². The molecule has 0 unspecified atom stereocenters. The van der Waals surface area contributed by atoms with E-state index >= 15 is 0 Å². The molecule has 6 heteroatoms. The largest absolute Gasteiger partial charge is 0.496 e. The molecule has 0 saturated carbocycles. The smallest absolute Gasteiger partial charge is 0.342 e. The molecule has 0 aliphatic carbocycles. The summed E-state index contributed by atoms with van der Waals surface area (Å²) < 4.78 is 10.6. The van der Waals surface area contributed by atoms with Crippen LogP contribution in [0.5, 0.6) is 5.75 Å². The number of hydrogen-bond acceptors (Lipinski definition) is 5. The van der Waals surface area contributed by atoms with Crippen molar-refractivity contribution in [3.63, 3.8) is 0 Å². The van der Waals surface area contributed by atoms with Gasteiger partial charge in [0, 0.05) is 5.69 Å². The SMILES string of the molecule is COc1cc2ccccc2cc1C(=O)O[C@H](C)C(=O)Nc1ccc(C#N)cc1. The fraction of sp³-hybridized carbons (Fsp3) is 0.136. The van der Waals surface area contributed by atoms with E-state index in [1.165, 1.54) is 14.0 Å². The number of carbonyl (C=O) groups excluding carboxylic acids is 2. The van der Waals surface area contributed by atoms with Gasteiger partial charge in [-0.3, -0.25) is 4.79 Å². The van der Waals surface area contributed by atoms with Gasteiger partial charge in [0.05, 0.1) is 18.7 Å². The van der Waals surface area contributed by atoms with E-state index in [9.17, 15) is 9.59 Å². The predicted molar refractivity (Wildman–Crippen MR) is 105 cm³/mol. The zero-order valence-corrected chi connectivity index (χ0v) is 15.4. The van der Waals surface area contributed by atoms with Gasteiger partial charge in [0.25, 0.3) is 5.91 Å². The van der Waals surface area contributed by atoms with Gasteiger partial charge < -0.3 is 14.8 Å². The number of nitriles is 1. The summed E-state index contributed by atoms with van der Waals surface area (Å²) in [6.07, 6.45) is -1.01. The van der Waals surface area contributed by atoms with Crippen LogP contribution in [-0.2, 0) is 9.53 Å². The molecule has 0 bridgehead atoms. The molecular formula is C22H18N2O4. The Morgan fingerprint density at radius 1 is 1.04 bits per heavy atom. The Labute approximate surface area is 162 Å². The van der Waals surface area contributed by atoms with Crippen LogP contribution in [0.15, 0.2) is 60.7 Å². The average Bonchev–Trinajstić information content (AvgIpc) is 2.73. The van der Waals surface area contributed by atoms with Crippen molar-refractivity contribution in [3.8, 4) is 11.8 Å². The Hall–Kier alpha value is -3.85. The highest BCUT2D eigenvalue weighted by Crippen LogP contribution is 2.27. The Bertz CT molecular complexity index is 1070. The maximum absolute atomic E-state index is 12.6. The number of methoxy groups -OCH3 is 1. The number of anilines is 1. The van der Waals surface area contributed by atoms with Crippen LogP contribution in [0, 0.1) is 11.3 Å². The summed E-state index contributed by atoms with van der Waals surface area (Å²) in [6.45, 7) is 1.49. The maximum Gasteiger partial charge on any atom is 0.342 e. The van der Waals surface area contributed by atoms with Gasteiger partial charge in [-0.25, -0.2) is 4.79 Å². The van der Waals surface area contributed by atoms with Crippen LogP contribution >= 0.6 is 0 Å². The van der Waals surface area contributed by atoms with Gasteiger partial charge >= 0.3 is 5.97 Å². The second-order valence-electron chi connectivity index (χ2n) is 6.13. The van der Waals surface area contributed by atoms with Crippen molar-refractivity contribution in [2.75, 3.05) is 12.4 Å². The van der Waals surface area contributed by atoms with E-state index in [0.717, 1.165) is 10.8 Å². The zero-order chi connectivity index (χ0) is 20.1. The predicted octanol–water partition coefficient (Wildman–Crippen LogP) is 3.90. The highest BCUT2D eigenvalue weighted by Gasteiger charge is 2.22. The number of nitrogens with zero attached hydrogens (tertiary/aromatic N) is 1. The number of fused-ring (bicyclic) bond motifs is 1. The third-order valence-electron chi connectivity index (χ3n) is 4.22. The zero-order valence-electron chi connectivity index (χ0n) is 15.4.